The zero-order chi connectivity index (χ0) is 14.6. The standard InChI is InChI=1S/C17H20FNO2/c18-14-6-13(1-2-15(14)20)19-16(21)17-7-10-3-11(8-17)5-12(4-10)9-17/h1-2,6,10-12,20H,3-5,7-9H2,(H,19,21). The van der Waals surface area contributed by atoms with Crippen LogP contribution in [0.2, 0.25) is 0 Å². The molecule has 0 radical (unpaired) electrons. The number of rotatable bonds is 2. The van der Waals surface area contributed by atoms with Crippen LogP contribution in [0.5, 0.6) is 5.75 Å². The predicted octanol–water partition coefficient (Wildman–Crippen LogP) is 3.69. The molecule has 0 spiro atoms. The molecule has 0 aliphatic heterocycles. The quantitative estimate of drug-likeness (QED) is 0.816. The molecule has 0 unspecified atom stereocenters. The fourth-order valence-electron chi connectivity index (χ4n) is 5.24. The molecule has 0 atom stereocenters. The van der Waals surface area contributed by atoms with Crippen LogP contribution in [0.3, 0.4) is 0 Å². The highest BCUT2D eigenvalue weighted by Gasteiger charge is 2.54. The van der Waals surface area contributed by atoms with E-state index in [-0.39, 0.29) is 17.1 Å². The van der Waals surface area contributed by atoms with Gasteiger partial charge < -0.3 is 10.4 Å². The SMILES string of the molecule is O=C(Nc1ccc(O)c(F)c1)C12CC3CC(CC(C3)C1)C2. The summed E-state index contributed by atoms with van der Waals surface area (Å²) < 4.78 is 13.4. The third kappa shape index (κ3) is 2.12. The molecule has 3 nitrogen and oxygen atoms in total. The molecule has 1 amide bonds. The van der Waals surface area contributed by atoms with E-state index in [1.807, 2.05) is 0 Å². The van der Waals surface area contributed by atoms with Gasteiger partial charge in [0.15, 0.2) is 11.6 Å². The van der Waals surface area contributed by atoms with Crippen LogP contribution in [0.25, 0.3) is 0 Å². The Morgan fingerprint density at radius 1 is 1.14 bits per heavy atom. The molecule has 0 heterocycles. The number of phenols is 1. The molecule has 4 saturated carbocycles. The third-order valence-electron chi connectivity index (χ3n) is 5.73. The summed E-state index contributed by atoms with van der Waals surface area (Å²) in [4.78, 5) is 12.8. The summed E-state index contributed by atoms with van der Waals surface area (Å²) >= 11 is 0. The van der Waals surface area contributed by atoms with Crippen LogP contribution in [0, 0.1) is 29.0 Å². The largest absolute Gasteiger partial charge is 0.505 e. The van der Waals surface area contributed by atoms with Crippen molar-refractivity contribution in [3.8, 4) is 5.75 Å². The van der Waals surface area contributed by atoms with E-state index in [9.17, 15) is 14.3 Å². The molecule has 4 fully saturated rings. The average molecular weight is 289 g/mol. The van der Waals surface area contributed by atoms with Crippen molar-refractivity contribution in [2.45, 2.75) is 38.5 Å². The van der Waals surface area contributed by atoms with E-state index in [0.717, 1.165) is 19.3 Å². The minimum absolute atomic E-state index is 0.0479. The minimum Gasteiger partial charge on any atom is -0.505 e. The molecule has 0 aromatic heterocycles. The molecule has 1 aromatic rings. The zero-order valence-corrected chi connectivity index (χ0v) is 11.9. The zero-order valence-electron chi connectivity index (χ0n) is 11.9. The summed E-state index contributed by atoms with van der Waals surface area (Å²) in [5.74, 6) is 1.09. The van der Waals surface area contributed by atoms with Gasteiger partial charge in [-0.2, -0.15) is 0 Å². The molecule has 4 heteroatoms. The lowest BCUT2D eigenvalue weighted by molar-refractivity contribution is -0.140. The maximum absolute atomic E-state index is 13.4. The van der Waals surface area contributed by atoms with E-state index >= 15 is 0 Å². The molecule has 4 aliphatic rings. The van der Waals surface area contributed by atoms with E-state index < -0.39 is 5.82 Å². The third-order valence-corrected chi connectivity index (χ3v) is 5.73. The summed E-state index contributed by atoms with van der Waals surface area (Å²) in [6, 6.07) is 4.02. The van der Waals surface area contributed by atoms with Crippen molar-refractivity contribution in [3.63, 3.8) is 0 Å². The van der Waals surface area contributed by atoms with Crippen molar-refractivity contribution >= 4 is 11.6 Å². The first-order valence-electron chi connectivity index (χ1n) is 7.84. The van der Waals surface area contributed by atoms with Crippen molar-refractivity contribution in [1.29, 1.82) is 0 Å². The summed E-state index contributed by atoms with van der Waals surface area (Å²) in [5.41, 5.74) is 0.203. The Labute approximate surface area is 123 Å². The summed E-state index contributed by atoms with van der Waals surface area (Å²) in [7, 11) is 0. The topological polar surface area (TPSA) is 49.3 Å². The van der Waals surface area contributed by atoms with Crippen LogP contribution in [-0.2, 0) is 4.79 Å². The van der Waals surface area contributed by atoms with Crippen LogP contribution >= 0.6 is 0 Å². The highest BCUT2D eigenvalue weighted by molar-refractivity contribution is 5.95. The molecular formula is C17H20FNO2. The van der Waals surface area contributed by atoms with Crippen LogP contribution in [0.15, 0.2) is 18.2 Å². The molecule has 21 heavy (non-hydrogen) atoms. The average Bonchev–Trinajstić information content (AvgIpc) is 2.41. The van der Waals surface area contributed by atoms with E-state index in [1.54, 1.807) is 6.07 Å². The normalized spacial score (nSPS) is 36.7. The van der Waals surface area contributed by atoms with E-state index in [1.165, 1.54) is 31.4 Å². The molecule has 4 bridgehead atoms. The lowest BCUT2D eigenvalue weighted by Gasteiger charge is -2.55. The van der Waals surface area contributed by atoms with Crippen molar-refractivity contribution in [2.75, 3.05) is 5.32 Å². The van der Waals surface area contributed by atoms with Crippen LogP contribution in [-0.4, -0.2) is 11.0 Å². The number of carbonyl (C=O) groups excluding carboxylic acids is 1. The maximum atomic E-state index is 13.4. The number of carbonyl (C=O) groups is 1. The van der Waals surface area contributed by atoms with Gasteiger partial charge in [0.05, 0.1) is 5.41 Å². The lowest BCUT2D eigenvalue weighted by Crippen LogP contribution is -2.51. The fourth-order valence-corrected chi connectivity index (χ4v) is 5.24. The molecule has 0 saturated heterocycles. The van der Waals surface area contributed by atoms with Crippen molar-refractivity contribution in [3.05, 3.63) is 24.0 Å². The number of anilines is 1. The number of hydrogen-bond donors (Lipinski definition) is 2. The molecule has 1 aromatic carbocycles. The molecule has 2 N–H and O–H groups in total. The van der Waals surface area contributed by atoms with Gasteiger partial charge in [0.25, 0.3) is 0 Å². The smallest absolute Gasteiger partial charge is 0.230 e. The van der Waals surface area contributed by atoms with E-state index in [0.29, 0.717) is 23.4 Å². The van der Waals surface area contributed by atoms with Gasteiger partial charge in [0.1, 0.15) is 0 Å². The van der Waals surface area contributed by atoms with Gasteiger partial charge in [-0.1, -0.05) is 0 Å². The number of benzene rings is 1. The number of nitrogens with one attached hydrogen (secondary N) is 1. The minimum atomic E-state index is -0.696. The Morgan fingerprint density at radius 3 is 2.24 bits per heavy atom. The van der Waals surface area contributed by atoms with Gasteiger partial charge in [-0.25, -0.2) is 4.39 Å². The van der Waals surface area contributed by atoms with E-state index in [2.05, 4.69) is 5.32 Å². The first kappa shape index (κ1) is 13.1. The van der Waals surface area contributed by atoms with Crippen LogP contribution in [0.4, 0.5) is 10.1 Å². The Hall–Kier alpha value is -1.58. The summed E-state index contributed by atoms with van der Waals surface area (Å²) in [6.45, 7) is 0. The summed E-state index contributed by atoms with van der Waals surface area (Å²) in [6.07, 6.45) is 6.85. The van der Waals surface area contributed by atoms with Gasteiger partial charge in [0.2, 0.25) is 5.91 Å². The monoisotopic (exact) mass is 289 g/mol. The van der Waals surface area contributed by atoms with Gasteiger partial charge in [-0.15, -0.1) is 0 Å². The van der Waals surface area contributed by atoms with Gasteiger partial charge in [0, 0.05) is 11.8 Å². The van der Waals surface area contributed by atoms with Crippen molar-refractivity contribution in [1.82, 2.24) is 0 Å². The molecular weight excluding hydrogens is 269 g/mol. The van der Waals surface area contributed by atoms with Crippen molar-refractivity contribution in [2.24, 2.45) is 23.2 Å². The number of aromatic hydroxyl groups is 1. The number of halogens is 1. The highest BCUT2D eigenvalue weighted by atomic mass is 19.1. The molecule has 5 rings (SSSR count). The Morgan fingerprint density at radius 2 is 1.71 bits per heavy atom. The number of amides is 1. The second kappa shape index (κ2) is 4.46. The first-order chi connectivity index (χ1) is 10.0. The van der Waals surface area contributed by atoms with Gasteiger partial charge >= 0.3 is 0 Å². The Bertz CT molecular complexity index is 563. The number of hydrogen-bond acceptors (Lipinski definition) is 2. The van der Waals surface area contributed by atoms with Crippen molar-refractivity contribution < 1.29 is 14.3 Å². The Kier molecular flexibility index (Phi) is 2.78. The van der Waals surface area contributed by atoms with Gasteiger partial charge in [-0.3, -0.25) is 4.79 Å². The number of phenolic OH excluding ortho intramolecular Hbond substituents is 1. The first-order valence-corrected chi connectivity index (χ1v) is 7.84. The van der Waals surface area contributed by atoms with Gasteiger partial charge in [-0.05, 0) is 68.4 Å². The fraction of sp³-hybridized carbons (Fsp3) is 0.588. The van der Waals surface area contributed by atoms with E-state index in [4.69, 9.17) is 0 Å². The summed E-state index contributed by atoms with van der Waals surface area (Å²) in [5, 5.41) is 12.1. The maximum Gasteiger partial charge on any atom is 0.230 e. The second-order valence-electron chi connectivity index (χ2n) is 7.32. The van der Waals surface area contributed by atoms with Crippen LogP contribution in [0.1, 0.15) is 38.5 Å². The Balaban J connectivity index is 1.56. The lowest BCUT2D eigenvalue weighted by atomic mass is 9.49. The predicted molar refractivity (Wildman–Crippen MR) is 77.3 cm³/mol. The van der Waals surface area contributed by atoms with Crippen LogP contribution < -0.4 is 5.32 Å². The molecule has 112 valence electrons. The second-order valence-corrected chi connectivity index (χ2v) is 7.32. The highest BCUT2D eigenvalue weighted by Crippen LogP contribution is 2.60. The molecule has 4 aliphatic carbocycles.